The summed E-state index contributed by atoms with van der Waals surface area (Å²) in [5, 5.41) is 10.6. The highest BCUT2D eigenvalue weighted by atomic mass is 35.5. The molecule has 0 saturated carbocycles. The van der Waals surface area contributed by atoms with Gasteiger partial charge < -0.3 is 4.90 Å². The van der Waals surface area contributed by atoms with Gasteiger partial charge in [0.05, 0.1) is 11.6 Å². The molecule has 0 unspecified atom stereocenters. The molecule has 0 aromatic heterocycles. The Labute approximate surface area is 110 Å². The van der Waals surface area contributed by atoms with Gasteiger partial charge in [-0.3, -0.25) is 4.79 Å². The standard InChI is InChI=1S/C12H13ClN2OS/c1-9-4-3-5-10(2)12(9)15(8-17-7-14)11(16)6-13/h3-5H,6,8H2,1-2H3. The molecule has 1 rings (SSSR count). The molecular formula is C12H13ClN2OS. The maximum absolute atomic E-state index is 11.8. The van der Waals surface area contributed by atoms with Crippen molar-refractivity contribution in [2.24, 2.45) is 0 Å². The lowest BCUT2D eigenvalue weighted by Gasteiger charge is -2.24. The summed E-state index contributed by atoms with van der Waals surface area (Å²) < 4.78 is 0. The second-order valence-electron chi connectivity index (χ2n) is 3.56. The van der Waals surface area contributed by atoms with Gasteiger partial charge in [-0.15, -0.1) is 11.6 Å². The number of nitriles is 1. The molecule has 0 radical (unpaired) electrons. The monoisotopic (exact) mass is 268 g/mol. The summed E-state index contributed by atoms with van der Waals surface area (Å²) in [7, 11) is 0. The van der Waals surface area contributed by atoms with Crippen LogP contribution in [0.4, 0.5) is 5.69 Å². The fourth-order valence-corrected chi connectivity index (χ4v) is 2.26. The molecule has 0 aliphatic rings. The van der Waals surface area contributed by atoms with Crippen LogP contribution in [0.25, 0.3) is 0 Å². The van der Waals surface area contributed by atoms with E-state index >= 15 is 0 Å². The minimum Gasteiger partial charge on any atom is -0.300 e. The van der Waals surface area contributed by atoms with Crippen molar-refractivity contribution in [2.45, 2.75) is 13.8 Å². The van der Waals surface area contributed by atoms with Crippen molar-refractivity contribution in [3.8, 4) is 5.40 Å². The minimum atomic E-state index is -0.188. The number of carbonyl (C=O) groups excluding carboxylic acids is 1. The van der Waals surface area contributed by atoms with Crippen molar-refractivity contribution in [1.29, 1.82) is 5.26 Å². The van der Waals surface area contributed by atoms with Gasteiger partial charge in [0, 0.05) is 0 Å². The Morgan fingerprint density at radius 3 is 2.53 bits per heavy atom. The first kappa shape index (κ1) is 13.9. The second kappa shape index (κ2) is 6.53. The van der Waals surface area contributed by atoms with Crippen LogP contribution in [0.5, 0.6) is 0 Å². The zero-order valence-corrected chi connectivity index (χ0v) is 11.3. The van der Waals surface area contributed by atoms with Crippen LogP contribution in [0.15, 0.2) is 18.2 Å². The van der Waals surface area contributed by atoms with Crippen molar-refractivity contribution in [3.05, 3.63) is 29.3 Å². The number of alkyl halides is 1. The molecule has 0 heterocycles. The molecule has 90 valence electrons. The molecule has 5 heteroatoms. The van der Waals surface area contributed by atoms with Crippen LogP contribution in [0.3, 0.4) is 0 Å². The lowest BCUT2D eigenvalue weighted by molar-refractivity contribution is -0.116. The fraction of sp³-hybridized carbons (Fsp3) is 0.333. The predicted molar refractivity (Wildman–Crippen MR) is 72.2 cm³/mol. The number of hydrogen-bond donors (Lipinski definition) is 0. The molecule has 1 amide bonds. The zero-order valence-electron chi connectivity index (χ0n) is 9.74. The van der Waals surface area contributed by atoms with Crippen LogP contribution in [-0.2, 0) is 4.79 Å². The van der Waals surface area contributed by atoms with Gasteiger partial charge >= 0.3 is 0 Å². The van der Waals surface area contributed by atoms with Crippen LogP contribution in [0.2, 0.25) is 0 Å². The van der Waals surface area contributed by atoms with Crippen LogP contribution in [0, 0.1) is 24.5 Å². The Bertz CT molecular complexity index is 436. The molecule has 0 spiro atoms. The Morgan fingerprint density at radius 2 is 2.06 bits per heavy atom. The van der Waals surface area contributed by atoms with E-state index in [0.29, 0.717) is 5.88 Å². The number of benzene rings is 1. The van der Waals surface area contributed by atoms with Crippen molar-refractivity contribution < 1.29 is 4.79 Å². The van der Waals surface area contributed by atoms with Gasteiger partial charge in [0.2, 0.25) is 5.91 Å². The number of thiocyanates is 1. The van der Waals surface area contributed by atoms with E-state index in [1.54, 1.807) is 4.90 Å². The summed E-state index contributed by atoms with van der Waals surface area (Å²) in [6, 6.07) is 5.82. The first-order chi connectivity index (χ1) is 8.11. The van der Waals surface area contributed by atoms with Gasteiger partial charge in [-0.1, -0.05) is 18.2 Å². The Hall–Kier alpha value is -1.18. The summed E-state index contributed by atoms with van der Waals surface area (Å²) in [4.78, 5) is 13.4. The Balaban J connectivity index is 3.13. The molecule has 0 atom stereocenters. The Morgan fingerprint density at radius 1 is 1.47 bits per heavy atom. The summed E-state index contributed by atoms with van der Waals surface area (Å²) in [6.45, 7) is 3.88. The Kier molecular flexibility index (Phi) is 5.33. The highest BCUT2D eigenvalue weighted by Crippen LogP contribution is 2.26. The number of nitrogens with zero attached hydrogens (tertiary/aromatic N) is 2. The SMILES string of the molecule is Cc1cccc(C)c1N(CSC#N)C(=O)CCl. The molecule has 1 aromatic rings. The number of anilines is 1. The minimum absolute atomic E-state index is 0.0836. The molecule has 0 N–H and O–H groups in total. The third-order valence-corrected chi connectivity index (χ3v) is 3.13. The summed E-state index contributed by atoms with van der Waals surface area (Å²) >= 11 is 6.62. The number of hydrogen-bond acceptors (Lipinski definition) is 3. The van der Waals surface area contributed by atoms with Crippen molar-refractivity contribution in [2.75, 3.05) is 16.7 Å². The van der Waals surface area contributed by atoms with E-state index < -0.39 is 0 Å². The maximum atomic E-state index is 11.8. The first-order valence-electron chi connectivity index (χ1n) is 5.05. The number of halogens is 1. The summed E-state index contributed by atoms with van der Waals surface area (Å²) in [5.41, 5.74) is 2.85. The zero-order chi connectivity index (χ0) is 12.8. The van der Waals surface area contributed by atoms with Gasteiger partial charge in [-0.05, 0) is 36.7 Å². The number of amides is 1. The highest BCUT2D eigenvalue weighted by Gasteiger charge is 2.18. The van der Waals surface area contributed by atoms with E-state index in [1.165, 1.54) is 0 Å². The van der Waals surface area contributed by atoms with E-state index in [1.807, 2.05) is 37.4 Å². The molecule has 0 aliphatic heterocycles. The molecule has 3 nitrogen and oxygen atoms in total. The van der Waals surface area contributed by atoms with E-state index in [0.717, 1.165) is 28.6 Å². The molecule has 0 bridgehead atoms. The largest absolute Gasteiger partial charge is 0.300 e. The van der Waals surface area contributed by atoms with Gasteiger partial charge in [0.15, 0.2) is 0 Å². The number of aryl methyl sites for hydroxylation is 2. The molecule has 17 heavy (non-hydrogen) atoms. The molecule has 0 fully saturated rings. The van der Waals surface area contributed by atoms with E-state index in [-0.39, 0.29) is 11.8 Å². The van der Waals surface area contributed by atoms with Gasteiger partial charge in [-0.25, -0.2) is 0 Å². The van der Waals surface area contributed by atoms with E-state index in [9.17, 15) is 4.79 Å². The molecule has 0 aliphatic carbocycles. The van der Waals surface area contributed by atoms with Crippen molar-refractivity contribution in [3.63, 3.8) is 0 Å². The average molecular weight is 269 g/mol. The van der Waals surface area contributed by atoms with E-state index in [2.05, 4.69) is 0 Å². The molecular weight excluding hydrogens is 256 g/mol. The predicted octanol–water partition coefficient (Wildman–Crippen LogP) is 3.05. The molecule has 1 aromatic carbocycles. The van der Waals surface area contributed by atoms with Crippen molar-refractivity contribution >= 4 is 35.0 Å². The van der Waals surface area contributed by atoms with Gasteiger partial charge in [-0.2, -0.15) is 5.26 Å². The van der Waals surface area contributed by atoms with Crippen LogP contribution in [-0.4, -0.2) is 17.7 Å². The number of thioether (sulfide) groups is 1. The fourth-order valence-electron chi connectivity index (χ4n) is 1.66. The first-order valence-corrected chi connectivity index (χ1v) is 6.57. The van der Waals surface area contributed by atoms with Gasteiger partial charge in [0.25, 0.3) is 0 Å². The average Bonchev–Trinajstić information content (AvgIpc) is 2.32. The van der Waals surface area contributed by atoms with Crippen molar-refractivity contribution in [1.82, 2.24) is 0 Å². The third kappa shape index (κ3) is 3.39. The summed E-state index contributed by atoms with van der Waals surface area (Å²) in [5.74, 6) is 0.0277. The maximum Gasteiger partial charge on any atom is 0.242 e. The lowest BCUT2D eigenvalue weighted by Crippen LogP contribution is -2.32. The third-order valence-electron chi connectivity index (χ3n) is 2.38. The van der Waals surface area contributed by atoms with E-state index in [4.69, 9.17) is 16.9 Å². The lowest BCUT2D eigenvalue weighted by atomic mass is 10.1. The van der Waals surface area contributed by atoms with Crippen LogP contribution < -0.4 is 4.90 Å². The summed E-state index contributed by atoms with van der Waals surface area (Å²) in [6.07, 6.45) is 0. The topological polar surface area (TPSA) is 44.1 Å². The quantitative estimate of drug-likeness (QED) is 0.479. The normalized spacial score (nSPS) is 9.76. The number of para-hydroxylation sites is 1. The second-order valence-corrected chi connectivity index (χ2v) is 4.56. The highest BCUT2D eigenvalue weighted by molar-refractivity contribution is 8.03. The number of carbonyl (C=O) groups is 1. The number of rotatable bonds is 4. The van der Waals surface area contributed by atoms with Crippen LogP contribution >= 0.6 is 23.4 Å². The van der Waals surface area contributed by atoms with Crippen LogP contribution in [0.1, 0.15) is 11.1 Å². The van der Waals surface area contributed by atoms with Gasteiger partial charge in [0.1, 0.15) is 11.3 Å². The smallest absolute Gasteiger partial charge is 0.242 e. The molecule has 0 saturated heterocycles.